The van der Waals surface area contributed by atoms with Crippen LogP contribution in [0.4, 0.5) is 0 Å². The van der Waals surface area contributed by atoms with E-state index in [0.717, 1.165) is 32.4 Å². The zero-order chi connectivity index (χ0) is 16.2. The number of hydrogen-bond donors (Lipinski definition) is 1. The molecular weight excluding hydrogens is 357 g/mol. The maximum atomic E-state index is 12.9. The van der Waals surface area contributed by atoms with Crippen LogP contribution in [0.1, 0.15) is 31.7 Å². The van der Waals surface area contributed by atoms with Gasteiger partial charge in [0.25, 0.3) is 0 Å². The molecule has 5 nitrogen and oxygen atoms in total. The molecule has 2 rings (SSSR count). The Morgan fingerprint density at radius 3 is 2.57 bits per heavy atom. The number of piperidine rings is 1. The first-order chi connectivity index (χ1) is 10.5. The highest BCUT2D eigenvalue weighted by Crippen LogP contribution is 2.26. The molecule has 0 aromatic heterocycles. The number of hydrogen-bond acceptors (Lipinski definition) is 4. The zero-order valence-corrected chi connectivity index (χ0v) is 15.3. The van der Waals surface area contributed by atoms with E-state index < -0.39 is 10.0 Å². The molecule has 1 fully saturated rings. The van der Waals surface area contributed by atoms with Crippen LogP contribution in [-0.2, 0) is 10.0 Å². The lowest BCUT2D eigenvalue weighted by Gasteiger charge is -2.33. The summed E-state index contributed by atoms with van der Waals surface area (Å²) in [5.41, 5.74) is 0.282. The summed E-state index contributed by atoms with van der Waals surface area (Å²) in [7, 11) is -3.60. The molecule has 0 atom stereocenters. The van der Waals surface area contributed by atoms with Gasteiger partial charge in [0.1, 0.15) is 6.07 Å². The van der Waals surface area contributed by atoms with E-state index >= 15 is 0 Å². The van der Waals surface area contributed by atoms with Crippen LogP contribution >= 0.6 is 24.0 Å². The molecule has 1 aliphatic heterocycles. The van der Waals surface area contributed by atoms with Crippen molar-refractivity contribution in [2.45, 2.75) is 37.1 Å². The third-order valence-electron chi connectivity index (χ3n) is 3.83. The fourth-order valence-corrected chi connectivity index (χ4v) is 4.79. The number of rotatable bonds is 5. The monoisotopic (exact) mass is 377 g/mol. The Kier molecular flexibility index (Phi) is 7.78. The first-order valence-electron chi connectivity index (χ1n) is 7.43. The Bertz CT molecular complexity index is 668. The van der Waals surface area contributed by atoms with E-state index in [2.05, 4.69) is 5.32 Å². The second kappa shape index (κ2) is 8.86. The summed E-state index contributed by atoms with van der Waals surface area (Å²) in [5.74, 6) is 0. The lowest BCUT2D eigenvalue weighted by atomic mass is 10.1. The predicted molar refractivity (Wildman–Crippen MR) is 93.5 cm³/mol. The number of nitrogens with zero attached hydrogens (tertiary/aromatic N) is 2. The van der Waals surface area contributed by atoms with Crippen molar-refractivity contribution in [3.8, 4) is 6.07 Å². The van der Waals surface area contributed by atoms with Gasteiger partial charge in [0, 0.05) is 12.6 Å². The van der Waals surface area contributed by atoms with Gasteiger partial charge in [0.05, 0.1) is 15.5 Å². The maximum Gasteiger partial charge on any atom is 0.243 e. The van der Waals surface area contributed by atoms with Crippen molar-refractivity contribution in [1.82, 2.24) is 9.62 Å². The van der Waals surface area contributed by atoms with Crippen LogP contribution < -0.4 is 5.32 Å². The summed E-state index contributed by atoms with van der Waals surface area (Å²) in [6.45, 7) is 4.11. The molecule has 0 bridgehead atoms. The standard InChI is InChI=1S/C15H20ClN3O2S.ClH/c1-2-9-19(13-5-7-18-8-6-13)22(20,21)14-4-3-12(11-17)15(16)10-14;/h3-4,10,13,18H,2,5-9H2,1H3;1H. The molecule has 1 aromatic carbocycles. The van der Waals surface area contributed by atoms with Gasteiger partial charge in [-0.15, -0.1) is 12.4 Å². The fraction of sp³-hybridized carbons (Fsp3) is 0.533. The molecule has 0 radical (unpaired) electrons. The molecular formula is C15H21Cl2N3O2S. The van der Waals surface area contributed by atoms with Crippen molar-refractivity contribution in [3.63, 3.8) is 0 Å². The van der Waals surface area contributed by atoms with Crippen LogP contribution in [0.2, 0.25) is 5.02 Å². The Labute approximate surface area is 149 Å². The molecule has 1 aliphatic rings. The molecule has 1 N–H and O–H groups in total. The summed E-state index contributed by atoms with van der Waals surface area (Å²) in [4.78, 5) is 0.156. The number of nitrogens with one attached hydrogen (secondary N) is 1. The summed E-state index contributed by atoms with van der Waals surface area (Å²) < 4.78 is 27.5. The predicted octanol–water partition coefficient (Wildman–Crippen LogP) is 2.79. The average Bonchev–Trinajstić information content (AvgIpc) is 2.53. The Morgan fingerprint density at radius 1 is 1.39 bits per heavy atom. The Balaban J connectivity index is 0.00000264. The van der Waals surface area contributed by atoms with Gasteiger partial charge in [-0.25, -0.2) is 8.42 Å². The van der Waals surface area contributed by atoms with Gasteiger partial charge >= 0.3 is 0 Å². The van der Waals surface area contributed by atoms with Crippen molar-refractivity contribution in [2.24, 2.45) is 0 Å². The third kappa shape index (κ3) is 4.59. The largest absolute Gasteiger partial charge is 0.317 e. The molecule has 0 unspecified atom stereocenters. The Morgan fingerprint density at radius 2 is 2.04 bits per heavy atom. The van der Waals surface area contributed by atoms with E-state index in [4.69, 9.17) is 16.9 Å². The molecule has 0 saturated carbocycles. The number of nitriles is 1. The smallest absolute Gasteiger partial charge is 0.243 e. The molecule has 0 aliphatic carbocycles. The summed E-state index contributed by atoms with van der Waals surface area (Å²) >= 11 is 5.99. The maximum absolute atomic E-state index is 12.9. The van der Waals surface area contributed by atoms with E-state index in [1.54, 1.807) is 4.31 Å². The summed E-state index contributed by atoms with van der Waals surface area (Å²) in [6, 6.07) is 6.25. The second-order valence-corrected chi connectivity index (χ2v) is 7.65. The van der Waals surface area contributed by atoms with Crippen molar-refractivity contribution in [3.05, 3.63) is 28.8 Å². The third-order valence-corrected chi connectivity index (χ3v) is 6.09. The van der Waals surface area contributed by atoms with Gasteiger partial charge in [-0.05, 0) is 50.6 Å². The molecule has 128 valence electrons. The van der Waals surface area contributed by atoms with Gasteiger partial charge < -0.3 is 5.32 Å². The van der Waals surface area contributed by atoms with Crippen LogP contribution in [0.3, 0.4) is 0 Å². The minimum atomic E-state index is -3.60. The number of benzene rings is 1. The number of sulfonamides is 1. The van der Waals surface area contributed by atoms with Crippen molar-refractivity contribution >= 4 is 34.0 Å². The van der Waals surface area contributed by atoms with Crippen LogP contribution in [0.25, 0.3) is 0 Å². The van der Waals surface area contributed by atoms with Crippen LogP contribution in [0.15, 0.2) is 23.1 Å². The quantitative estimate of drug-likeness (QED) is 0.855. The first kappa shape index (κ1) is 20.2. The minimum absolute atomic E-state index is 0. The Hall–Kier alpha value is -0.840. The second-order valence-electron chi connectivity index (χ2n) is 5.35. The van der Waals surface area contributed by atoms with Crippen LogP contribution in [0.5, 0.6) is 0 Å². The SMILES string of the molecule is CCCN(C1CCNCC1)S(=O)(=O)c1ccc(C#N)c(Cl)c1.Cl. The summed E-state index contributed by atoms with van der Waals surface area (Å²) in [5, 5.41) is 12.3. The van der Waals surface area contributed by atoms with Crippen molar-refractivity contribution < 1.29 is 8.42 Å². The van der Waals surface area contributed by atoms with E-state index in [9.17, 15) is 8.42 Å². The molecule has 23 heavy (non-hydrogen) atoms. The first-order valence-corrected chi connectivity index (χ1v) is 9.24. The van der Waals surface area contributed by atoms with Crippen molar-refractivity contribution in [1.29, 1.82) is 5.26 Å². The van der Waals surface area contributed by atoms with Gasteiger partial charge in [0.15, 0.2) is 0 Å². The molecule has 0 amide bonds. The summed E-state index contributed by atoms with van der Waals surface area (Å²) in [6.07, 6.45) is 2.37. The lowest BCUT2D eigenvalue weighted by molar-refractivity contribution is 0.262. The van der Waals surface area contributed by atoms with E-state index in [0.29, 0.717) is 6.54 Å². The number of halogens is 2. The highest BCUT2D eigenvalue weighted by Gasteiger charge is 2.31. The fourth-order valence-electron chi connectivity index (χ4n) is 2.70. The van der Waals surface area contributed by atoms with Gasteiger partial charge in [-0.1, -0.05) is 18.5 Å². The minimum Gasteiger partial charge on any atom is -0.317 e. The molecule has 0 spiro atoms. The lowest BCUT2D eigenvalue weighted by Crippen LogP contribution is -2.46. The molecule has 8 heteroatoms. The highest BCUT2D eigenvalue weighted by atomic mass is 35.5. The van der Waals surface area contributed by atoms with E-state index in [1.807, 2.05) is 13.0 Å². The topological polar surface area (TPSA) is 73.2 Å². The van der Waals surface area contributed by atoms with Gasteiger partial charge in [0.2, 0.25) is 10.0 Å². The molecule has 1 saturated heterocycles. The van der Waals surface area contributed by atoms with E-state index in [-0.39, 0.29) is 33.9 Å². The molecule has 1 aromatic rings. The normalized spacial score (nSPS) is 15.9. The zero-order valence-electron chi connectivity index (χ0n) is 13.0. The van der Waals surface area contributed by atoms with Gasteiger partial charge in [-0.2, -0.15) is 9.57 Å². The van der Waals surface area contributed by atoms with Crippen LogP contribution in [0, 0.1) is 11.3 Å². The van der Waals surface area contributed by atoms with Gasteiger partial charge in [-0.3, -0.25) is 0 Å². The molecule has 1 heterocycles. The van der Waals surface area contributed by atoms with Crippen LogP contribution in [-0.4, -0.2) is 38.4 Å². The highest BCUT2D eigenvalue weighted by molar-refractivity contribution is 7.89. The van der Waals surface area contributed by atoms with Crippen molar-refractivity contribution in [2.75, 3.05) is 19.6 Å². The van der Waals surface area contributed by atoms with E-state index in [1.165, 1.54) is 18.2 Å². The average molecular weight is 378 g/mol.